The van der Waals surface area contributed by atoms with E-state index in [0.717, 1.165) is 10.2 Å². The molecule has 7 heteroatoms. The van der Waals surface area contributed by atoms with Gasteiger partial charge in [0.1, 0.15) is 18.1 Å². The van der Waals surface area contributed by atoms with E-state index < -0.39 is 6.10 Å². The van der Waals surface area contributed by atoms with Gasteiger partial charge in [-0.15, -0.1) is 0 Å². The summed E-state index contributed by atoms with van der Waals surface area (Å²) in [6.07, 6.45) is -0.316. The van der Waals surface area contributed by atoms with Crippen LogP contribution >= 0.6 is 15.9 Å². The van der Waals surface area contributed by atoms with Crippen LogP contribution < -0.4 is 14.4 Å². The second-order valence-electron chi connectivity index (χ2n) is 6.59. The number of amides is 2. The van der Waals surface area contributed by atoms with E-state index in [2.05, 4.69) is 15.9 Å². The van der Waals surface area contributed by atoms with Crippen molar-refractivity contribution in [3.63, 3.8) is 0 Å². The van der Waals surface area contributed by atoms with Gasteiger partial charge in [-0.25, -0.2) is 0 Å². The van der Waals surface area contributed by atoms with E-state index in [1.54, 1.807) is 23.8 Å². The molecule has 0 saturated heterocycles. The van der Waals surface area contributed by atoms with Crippen LogP contribution in [0.2, 0.25) is 0 Å². The molecule has 0 radical (unpaired) electrons. The number of benzene rings is 2. The van der Waals surface area contributed by atoms with Gasteiger partial charge in [0.15, 0.2) is 6.10 Å². The van der Waals surface area contributed by atoms with Crippen LogP contribution in [0.5, 0.6) is 11.5 Å². The van der Waals surface area contributed by atoms with Gasteiger partial charge in [-0.05, 0) is 43.3 Å². The number of hydrogen-bond acceptors (Lipinski definition) is 4. The zero-order valence-corrected chi connectivity index (χ0v) is 17.5. The molecule has 1 atom stereocenters. The van der Waals surface area contributed by atoms with E-state index in [-0.39, 0.29) is 18.2 Å². The molecule has 0 aromatic heterocycles. The standard InChI is InChI=1S/C21H23BrN2O4/c1-15-21(26)24(18-5-3-4-6-19(18)28-15)12-11-20(25)23(2)13-14-27-17-9-7-16(22)8-10-17/h3-10,15H,11-14H2,1-2H3. The largest absolute Gasteiger partial charge is 0.492 e. The van der Waals surface area contributed by atoms with Crippen molar-refractivity contribution in [2.45, 2.75) is 19.4 Å². The summed E-state index contributed by atoms with van der Waals surface area (Å²) >= 11 is 3.38. The molecule has 2 aromatic rings. The molecule has 2 amide bonds. The summed E-state index contributed by atoms with van der Waals surface area (Å²) in [4.78, 5) is 28.2. The first-order valence-electron chi connectivity index (χ1n) is 9.15. The molecule has 0 saturated carbocycles. The average molecular weight is 447 g/mol. The number of fused-ring (bicyclic) bond motifs is 1. The van der Waals surface area contributed by atoms with E-state index in [9.17, 15) is 9.59 Å². The molecule has 148 valence electrons. The van der Waals surface area contributed by atoms with Crippen molar-refractivity contribution in [3.05, 3.63) is 53.0 Å². The Morgan fingerprint density at radius 3 is 2.68 bits per heavy atom. The van der Waals surface area contributed by atoms with Crippen LogP contribution in [0.1, 0.15) is 13.3 Å². The van der Waals surface area contributed by atoms with Gasteiger partial charge in [-0.2, -0.15) is 0 Å². The Morgan fingerprint density at radius 2 is 1.93 bits per heavy atom. The van der Waals surface area contributed by atoms with Crippen molar-refractivity contribution in [2.24, 2.45) is 0 Å². The van der Waals surface area contributed by atoms with Crippen LogP contribution in [0.15, 0.2) is 53.0 Å². The molecule has 0 spiro atoms. The van der Waals surface area contributed by atoms with E-state index in [0.29, 0.717) is 31.1 Å². The monoisotopic (exact) mass is 446 g/mol. The van der Waals surface area contributed by atoms with Gasteiger partial charge in [0.05, 0.1) is 12.2 Å². The van der Waals surface area contributed by atoms with Gasteiger partial charge < -0.3 is 19.3 Å². The minimum absolute atomic E-state index is 0.0381. The summed E-state index contributed by atoms with van der Waals surface area (Å²) < 4.78 is 12.3. The predicted molar refractivity (Wildman–Crippen MR) is 111 cm³/mol. The molecule has 28 heavy (non-hydrogen) atoms. The van der Waals surface area contributed by atoms with Crippen LogP contribution in [-0.2, 0) is 9.59 Å². The number of rotatable bonds is 7. The normalized spacial score (nSPS) is 15.6. The molecule has 3 rings (SSSR count). The molecular formula is C21H23BrN2O4. The number of likely N-dealkylation sites (N-methyl/N-ethyl adjacent to an activating group) is 1. The van der Waals surface area contributed by atoms with Gasteiger partial charge in [-0.1, -0.05) is 28.1 Å². The Balaban J connectivity index is 1.50. The fourth-order valence-electron chi connectivity index (χ4n) is 2.94. The Bertz CT molecular complexity index is 841. The Kier molecular flexibility index (Phi) is 6.57. The molecule has 0 aliphatic carbocycles. The van der Waals surface area contributed by atoms with Crippen molar-refractivity contribution in [1.29, 1.82) is 0 Å². The van der Waals surface area contributed by atoms with Crippen LogP contribution in [0.25, 0.3) is 0 Å². The summed E-state index contributed by atoms with van der Waals surface area (Å²) in [6, 6.07) is 14.9. The minimum Gasteiger partial charge on any atom is -0.492 e. The highest BCUT2D eigenvalue weighted by Gasteiger charge is 2.31. The quantitative estimate of drug-likeness (QED) is 0.652. The van der Waals surface area contributed by atoms with Crippen LogP contribution in [0.3, 0.4) is 0 Å². The van der Waals surface area contributed by atoms with E-state index in [1.807, 2.05) is 48.5 Å². The lowest BCUT2D eigenvalue weighted by molar-refractivity contribution is -0.130. The van der Waals surface area contributed by atoms with Crippen LogP contribution in [0, 0.1) is 0 Å². The number of halogens is 1. The maximum absolute atomic E-state index is 12.5. The molecule has 2 aromatic carbocycles. The second-order valence-corrected chi connectivity index (χ2v) is 7.50. The van der Waals surface area contributed by atoms with Crippen molar-refractivity contribution < 1.29 is 19.1 Å². The first-order chi connectivity index (χ1) is 13.5. The number of carbonyl (C=O) groups excluding carboxylic acids is 2. The lowest BCUT2D eigenvalue weighted by Gasteiger charge is -2.33. The summed E-state index contributed by atoms with van der Waals surface area (Å²) in [7, 11) is 1.74. The van der Waals surface area contributed by atoms with E-state index in [4.69, 9.17) is 9.47 Å². The Labute approximate surface area is 173 Å². The molecular weight excluding hydrogens is 424 g/mol. The second kappa shape index (κ2) is 9.10. The number of hydrogen-bond donors (Lipinski definition) is 0. The first kappa shape index (κ1) is 20.2. The predicted octanol–water partition coefficient (Wildman–Crippen LogP) is 3.49. The van der Waals surface area contributed by atoms with Gasteiger partial charge in [0.2, 0.25) is 5.91 Å². The van der Waals surface area contributed by atoms with Gasteiger partial charge in [0.25, 0.3) is 5.91 Å². The highest BCUT2D eigenvalue weighted by Crippen LogP contribution is 2.33. The summed E-state index contributed by atoms with van der Waals surface area (Å²) in [5.74, 6) is 1.25. The first-order valence-corrected chi connectivity index (χ1v) is 9.94. The van der Waals surface area contributed by atoms with Crippen LogP contribution in [0.4, 0.5) is 5.69 Å². The summed E-state index contributed by atoms with van der Waals surface area (Å²) in [6.45, 7) is 2.91. The number of anilines is 1. The molecule has 0 N–H and O–H groups in total. The third-order valence-electron chi connectivity index (χ3n) is 4.56. The lowest BCUT2D eigenvalue weighted by Crippen LogP contribution is -2.46. The number of para-hydroxylation sites is 2. The molecule has 1 unspecified atom stereocenters. The maximum atomic E-state index is 12.5. The van der Waals surface area contributed by atoms with E-state index in [1.165, 1.54) is 0 Å². The van der Waals surface area contributed by atoms with Crippen LogP contribution in [-0.4, -0.2) is 49.6 Å². The molecule has 1 aliphatic rings. The molecule has 0 bridgehead atoms. The molecule has 1 heterocycles. The van der Waals surface area contributed by atoms with Crippen molar-refractivity contribution >= 4 is 33.4 Å². The van der Waals surface area contributed by atoms with Crippen molar-refractivity contribution in [2.75, 3.05) is 31.6 Å². The topological polar surface area (TPSA) is 59.1 Å². The smallest absolute Gasteiger partial charge is 0.267 e. The van der Waals surface area contributed by atoms with Gasteiger partial charge >= 0.3 is 0 Å². The third-order valence-corrected chi connectivity index (χ3v) is 5.09. The number of carbonyl (C=O) groups is 2. The van der Waals surface area contributed by atoms with Gasteiger partial charge in [0, 0.05) is 24.5 Å². The van der Waals surface area contributed by atoms with E-state index >= 15 is 0 Å². The van der Waals surface area contributed by atoms with Gasteiger partial charge in [-0.3, -0.25) is 9.59 Å². The minimum atomic E-state index is -0.554. The SMILES string of the molecule is CC1Oc2ccccc2N(CCC(=O)N(C)CCOc2ccc(Br)cc2)C1=O. The van der Waals surface area contributed by atoms with Crippen molar-refractivity contribution in [3.8, 4) is 11.5 Å². The average Bonchev–Trinajstić information content (AvgIpc) is 2.69. The molecule has 6 nitrogen and oxygen atoms in total. The fraction of sp³-hybridized carbons (Fsp3) is 0.333. The number of ether oxygens (including phenoxy) is 2. The Morgan fingerprint density at radius 1 is 1.21 bits per heavy atom. The highest BCUT2D eigenvalue weighted by atomic mass is 79.9. The summed E-state index contributed by atoms with van der Waals surface area (Å²) in [5.41, 5.74) is 0.708. The fourth-order valence-corrected chi connectivity index (χ4v) is 3.21. The lowest BCUT2D eigenvalue weighted by atomic mass is 10.1. The number of nitrogens with zero attached hydrogens (tertiary/aromatic N) is 2. The highest BCUT2D eigenvalue weighted by molar-refractivity contribution is 9.10. The van der Waals surface area contributed by atoms with Crippen molar-refractivity contribution in [1.82, 2.24) is 4.90 Å². The summed E-state index contributed by atoms with van der Waals surface area (Å²) in [5, 5.41) is 0. The molecule has 0 fully saturated rings. The maximum Gasteiger partial charge on any atom is 0.267 e. The zero-order valence-electron chi connectivity index (χ0n) is 15.9. The Hall–Kier alpha value is -2.54. The zero-order chi connectivity index (χ0) is 20.1. The molecule has 1 aliphatic heterocycles. The third kappa shape index (κ3) is 4.84.